The average Bonchev–Trinajstić information content (AvgIpc) is 2.74. The van der Waals surface area contributed by atoms with E-state index in [1.54, 1.807) is 19.1 Å². The van der Waals surface area contributed by atoms with E-state index in [0.29, 0.717) is 15.9 Å². The Kier molecular flexibility index (Phi) is 3.37. The highest BCUT2D eigenvalue weighted by molar-refractivity contribution is 7.71. The van der Waals surface area contributed by atoms with E-state index in [2.05, 4.69) is 4.98 Å². The summed E-state index contributed by atoms with van der Waals surface area (Å²) in [7, 11) is 0. The number of nitrogens with zero attached hydrogens (tertiary/aromatic N) is 1. The zero-order valence-corrected chi connectivity index (χ0v) is 12.5. The summed E-state index contributed by atoms with van der Waals surface area (Å²) in [5.74, 6) is -0.558. The van der Waals surface area contributed by atoms with E-state index in [1.807, 2.05) is 17.6 Å². The molecule has 3 rings (SSSR count). The van der Waals surface area contributed by atoms with Gasteiger partial charge in [-0.2, -0.15) is 0 Å². The van der Waals surface area contributed by atoms with Crippen LogP contribution in [0.25, 0.3) is 11.0 Å². The number of imidazole rings is 1. The molecule has 0 saturated heterocycles. The number of aromatic amines is 1. The first-order chi connectivity index (χ1) is 9.97. The number of benzene rings is 2. The second-order valence-electron chi connectivity index (χ2n) is 5.15. The first-order valence-electron chi connectivity index (χ1n) is 6.63. The molecule has 1 aromatic heterocycles. The molecule has 21 heavy (non-hydrogen) atoms. The van der Waals surface area contributed by atoms with Crippen molar-refractivity contribution in [3.05, 3.63) is 63.9 Å². The molecule has 0 radical (unpaired) electrons. The maximum absolute atomic E-state index is 13.7. The maximum atomic E-state index is 13.7. The molecule has 0 aliphatic rings. The molecule has 0 fully saturated rings. The molecule has 2 nitrogen and oxygen atoms in total. The zero-order chi connectivity index (χ0) is 15.1. The number of halogens is 2. The molecule has 0 bridgehead atoms. The smallest absolute Gasteiger partial charge is 0.178 e. The highest BCUT2D eigenvalue weighted by Crippen LogP contribution is 2.26. The van der Waals surface area contributed by atoms with Crippen molar-refractivity contribution in [3.63, 3.8) is 0 Å². The first-order valence-corrected chi connectivity index (χ1v) is 7.04. The fraction of sp³-hybridized carbons (Fsp3) is 0.188. The normalized spacial score (nSPS) is 12.8. The standard InChI is InChI=1S/C16H14F2N2S/c1-9-6-15-14(8-13(9)18)19-16(21)20(15)10(2)11-4-3-5-12(17)7-11/h3-8,10H,1-2H3,(H,19,21). The minimum Gasteiger partial charge on any atom is -0.330 e. The molecule has 2 aromatic carbocycles. The van der Waals surface area contributed by atoms with Crippen LogP contribution in [0.1, 0.15) is 24.1 Å². The Morgan fingerprint density at radius 1 is 1.19 bits per heavy atom. The summed E-state index contributed by atoms with van der Waals surface area (Å²) in [6.07, 6.45) is 0. The van der Waals surface area contributed by atoms with E-state index in [-0.39, 0.29) is 17.7 Å². The number of H-pyrrole nitrogens is 1. The molecule has 0 aliphatic carbocycles. The van der Waals surface area contributed by atoms with Crippen LogP contribution >= 0.6 is 12.2 Å². The molecule has 0 aliphatic heterocycles. The van der Waals surface area contributed by atoms with E-state index in [9.17, 15) is 8.78 Å². The number of aryl methyl sites for hydroxylation is 1. The van der Waals surface area contributed by atoms with E-state index in [1.165, 1.54) is 18.2 Å². The van der Waals surface area contributed by atoms with Crippen LogP contribution < -0.4 is 0 Å². The maximum Gasteiger partial charge on any atom is 0.178 e. The van der Waals surface area contributed by atoms with Crippen molar-refractivity contribution in [2.75, 3.05) is 0 Å². The third-order valence-electron chi connectivity index (χ3n) is 3.72. The molecule has 3 aromatic rings. The van der Waals surface area contributed by atoms with Gasteiger partial charge in [0.1, 0.15) is 11.6 Å². The van der Waals surface area contributed by atoms with Crippen LogP contribution in [0.15, 0.2) is 36.4 Å². The molecular formula is C16H14F2N2S. The van der Waals surface area contributed by atoms with Gasteiger partial charge >= 0.3 is 0 Å². The molecular weight excluding hydrogens is 290 g/mol. The number of rotatable bonds is 2. The Morgan fingerprint density at radius 2 is 1.95 bits per heavy atom. The topological polar surface area (TPSA) is 20.7 Å². The molecule has 1 N–H and O–H groups in total. The number of nitrogens with one attached hydrogen (secondary N) is 1. The van der Waals surface area contributed by atoms with Crippen LogP contribution in [0.5, 0.6) is 0 Å². The SMILES string of the molecule is Cc1cc2c(cc1F)[nH]c(=S)n2C(C)c1cccc(F)c1. The molecule has 0 spiro atoms. The van der Waals surface area contributed by atoms with Gasteiger partial charge in [-0.3, -0.25) is 0 Å². The quantitative estimate of drug-likeness (QED) is 0.668. The summed E-state index contributed by atoms with van der Waals surface area (Å²) in [5, 5.41) is 0. The Labute approximate surface area is 126 Å². The molecule has 1 unspecified atom stereocenters. The molecule has 1 atom stereocenters. The number of hydrogen-bond acceptors (Lipinski definition) is 1. The van der Waals surface area contributed by atoms with E-state index < -0.39 is 0 Å². The molecule has 1 heterocycles. The summed E-state index contributed by atoms with van der Waals surface area (Å²) in [4.78, 5) is 3.00. The number of hydrogen-bond donors (Lipinski definition) is 1. The van der Waals surface area contributed by atoms with Crippen molar-refractivity contribution >= 4 is 23.3 Å². The monoisotopic (exact) mass is 304 g/mol. The van der Waals surface area contributed by atoms with Crippen LogP contribution in [0.4, 0.5) is 8.78 Å². The van der Waals surface area contributed by atoms with Gasteiger partial charge in [-0.15, -0.1) is 0 Å². The predicted molar refractivity (Wildman–Crippen MR) is 82.0 cm³/mol. The van der Waals surface area contributed by atoms with Gasteiger partial charge in [0.05, 0.1) is 17.1 Å². The van der Waals surface area contributed by atoms with Crippen molar-refractivity contribution < 1.29 is 8.78 Å². The van der Waals surface area contributed by atoms with Crippen molar-refractivity contribution in [3.8, 4) is 0 Å². The Hall–Kier alpha value is -2.01. The summed E-state index contributed by atoms with van der Waals surface area (Å²) < 4.78 is 29.4. The van der Waals surface area contributed by atoms with Gasteiger partial charge in [0, 0.05) is 0 Å². The third-order valence-corrected chi connectivity index (χ3v) is 4.01. The van der Waals surface area contributed by atoms with E-state index >= 15 is 0 Å². The third kappa shape index (κ3) is 2.38. The Morgan fingerprint density at radius 3 is 2.67 bits per heavy atom. The Bertz CT molecular complexity index is 880. The highest BCUT2D eigenvalue weighted by Gasteiger charge is 2.15. The summed E-state index contributed by atoms with van der Waals surface area (Å²) in [6.45, 7) is 3.65. The Balaban J connectivity index is 2.22. The summed E-state index contributed by atoms with van der Waals surface area (Å²) in [5.41, 5.74) is 2.83. The number of aromatic nitrogens is 2. The molecule has 108 valence electrons. The van der Waals surface area contributed by atoms with Crippen molar-refractivity contribution in [2.24, 2.45) is 0 Å². The number of fused-ring (bicyclic) bond motifs is 1. The van der Waals surface area contributed by atoms with Crippen LogP contribution in [-0.4, -0.2) is 9.55 Å². The van der Waals surface area contributed by atoms with Crippen molar-refractivity contribution in [1.82, 2.24) is 9.55 Å². The van der Waals surface area contributed by atoms with E-state index in [4.69, 9.17) is 12.2 Å². The van der Waals surface area contributed by atoms with Gasteiger partial charge in [0.15, 0.2) is 4.77 Å². The van der Waals surface area contributed by atoms with Crippen molar-refractivity contribution in [2.45, 2.75) is 19.9 Å². The zero-order valence-electron chi connectivity index (χ0n) is 11.7. The molecule has 0 saturated carbocycles. The van der Waals surface area contributed by atoms with Gasteiger partial charge in [0.25, 0.3) is 0 Å². The van der Waals surface area contributed by atoms with Gasteiger partial charge in [-0.1, -0.05) is 12.1 Å². The first kappa shape index (κ1) is 13.9. The fourth-order valence-corrected chi connectivity index (χ4v) is 2.92. The highest BCUT2D eigenvalue weighted by atomic mass is 32.1. The van der Waals surface area contributed by atoms with Crippen LogP contribution in [0.2, 0.25) is 0 Å². The average molecular weight is 304 g/mol. The lowest BCUT2D eigenvalue weighted by Gasteiger charge is -2.15. The largest absolute Gasteiger partial charge is 0.330 e. The van der Waals surface area contributed by atoms with Crippen LogP contribution in [0, 0.1) is 23.3 Å². The molecule has 0 amide bonds. The predicted octanol–water partition coefficient (Wildman–Crippen LogP) is 4.89. The van der Waals surface area contributed by atoms with Gasteiger partial charge in [0.2, 0.25) is 0 Å². The van der Waals surface area contributed by atoms with Crippen LogP contribution in [-0.2, 0) is 0 Å². The summed E-state index contributed by atoms with van der Waals surface area (Å²) >= 11 is 5.34. The minimum atomic E-state index is -0.284. The minimum absolute atomic E-state index is 0.146. The van der Waals surface area contributed by atoms with Crippen LogP contribution in [0.3, 0.4) is 0 Å². The van der Waals surface area contributed by atoms with Gasteiger partial charge in [-0.25, -0.2) is 8.78 Å². The fourth-order valence-electron chi connectivity index (χ4n) is 2.55. The van der Waals surface area contributed by atoms with Gasteiger partial charge in [-0.05, 0) is 61.5 Å². The molecule has 5 heteroatoms. The lowest BCUT2D eigenvalue weighted by atomic mass is 10.1. The lowest BCUT2D eigenvalue weighted by molar-refractivity contribution is 0.607. The lowest BCUT2D eigenvalue weighted by Crippen LogP contribution is -2.07. The van der Waals surface area contributed by atoms with E-state index in [0.717, 1.165) is 11.1 Å². The van der Waals surface area contributed by atoms with Crippen molar-refractivity contribution in [1.29, 1.82) is 0 Å². The second kappa shape index (κ2) is 5.07. The second-order valence-corrected chi connectivity index (χ2v) is 5.54. The van der Waals surface area contributed by atoms with Gasteiger partial charge < -0.3 is 9.55 Å². The summed E-state index contributed by atoms with van der Waals surface area (Å²) in [6, 6.07) is 9.47.